The Hall–Kier alpha value is -1.86. The normalized spacial score (nSPS) is 22.4. The number of benzene rings is 1. The summed E-state index contributed by atoms with van der Waals surface area (Å²) in [6.07, 6.45) is 1.49. The number of aromatic nitrogens is 2. The number of piperidine rings is 1. The van der Waals surface area contributed by atoms with Gasteiger partial charge in [-0.25, -0.2) is 8.78 Å². The van der Waals surface area contributed by atoms with E-state index in [1.807, 2.05) is 0 Å². The van der Waals surface area contributed by atoms with Gasteiger partial charge >= 0.3 is 0 Å². The molecule has 1 fully saturated rings. The van der Waals surface area contributed by atoms with Crippen molar-refractivity contribution >= 4 is 0 Å². The third-order valence-corrected chi connectivity index (χ3v) is 3.51. The molecule has 0 saturated carbocycles. The Balaban J connectivity index is 1.78. The van der Waals surface area contributed by atoms with Gasteiger partial charge in [-0.3, -0.25) is 0 Å². The standard InChI is InChI=1S/C14H15F2N3O2/c15-10-4-9(5-11(16)7-10)6-12-18-13(21-19-12)14(20)2-1-3-17-8-14/h4-5,7,17,20H,1-3,6,8H2. The maximum atomic E-state index is 13.1. The third kappa shape index (κ3) is 3.08. The molecule has 0 bridgehead atoms. The Morgan fingerprint density at radius 3 is 2.71 bits per heavy atom. The van der Waals surface area contributed by atoms with Crippen LogP contribution in [0.15, 0.2) is 22.7 Å². The zero-order chi connectivity index (χ0) is 14.9. The lowest BCUT2D eigenvalue weighted by Crippen LogP contribution is -2.43. The Labute approximate surface area is 120 Å². The van der Waals surface area contributed by atoms with E-state index in [0.717, 1.165) is 19.0 Å². The second-order valence-corrected chi connectivity index (χ2v) is 5.28. The SMILES string of the molecule is OC1(c2nc(Cc3cc(F)cc(F)c3)no2)CCCNC1. The molecule has 2 heterocycles. The predicted octanol–water partition coefficient (Wildman–Crippen LogP) is 1.51. The van der Waals surface area contributed by atoms with E-state index in [1.165, 1.54) is 12.1 Å². The van der Waals surface area contributed by atoms with E-state index in [2.05, 4.69) is 15.5 Å². The zero-order valence-corrected chi connectivity index (χ0v) is 11.3. The monoisotopic (exact) mass is 295 g/mol. The summed E-state index contributed by atoms with van der Waals surface area (Å²) in [4.78, 5) is 4.15. The molecule has 0 radical (unpaired) electrons. The number of rotatable bonds is 3. The highest BCUT2D eigenvalue weighted by molar-refractivity contribution is 5.21. The molecule has 1 aliphatic heterocycles. The lowest BCUT2D eigenvalue weighted by atomic mass is 9.94. The van der Waals surface area contributed by atoms with Crippen LogP contribution in [-0.2, 0) is 12.0 Å². The number of halogens is 2. The topological polar surface area (TPSA) is 71.2 Å². The molecule has 1 unspecified atom stereocenters. The van der Waals surface area contributed by atoms with Crippen LogP contribution in [0.3, 0.4) is 0 Å². The quantitative estimate of drug-likeness (QED) is 0.898. The van der Waals surface area contributed by atoms with Crippen LogP contribution in [0, 0.1) is 11.6 Å². The fourth-order valence-electron chi connectivity index (χ4n) is 2.48. The van der Waals surface area contributed by atoms with Crippen molar-refractivity contribution in [3.05, 3.63) is 47.1 Å². The molecule has 1 aromatic carbocycles. The average Bonchev–Trinajstić information content (AvgIpc) is 2.87. The maximum absolute atomic E-state index is 13.1. The first kappa shape index (κ1) is 14.1. The van der Waals surface area contributed by atoms with Crippen LogP contribution in [0.25, 0.3) is 0 Å². The van der Waals surface area contributed by atoms with Crippen LogP contribution < -0.4 is 5.32 Å². The van der Waals surface area contributed by atoms with Gasteiger partial charge in [-0.15, -0.1) is 0 Å². The Bertz CT molecular complexity index is 619. The van der Waals surface area contributed by atoms with Gasteiger partial charge in [0.05, 0.1) is 0 Å². The molecule has 112 valence electrons. The minimum absolute atomic E-state index is 0.140. The highest BCUT2D eigenvalue weighted by Crippen LogP contribution is 2.27. The second kappa shape index (κ2) is 5.50. The maximum Gasteiger partial charge on any atom is 0.259 e. The number of hydrogen-bond donors (Lipinski definition) is 2. The van der Waals surface area contributed by atoms with Crippen molar-refractivity contribution < 1.29 is 18.4 Å². The Morgan fingerprint density at radius 2 is 2.05 bits per heavy atom. The molecule has 0 aliphatic carbocycles. The van der Waals surface area contributed by atoms with Gasteiger partial charge in [-0.1, -0.05) is 5.16 Å². The fraction of sp³-hybridized carbons (Fsp3) is 0.429. The van der Waals surface area contributed by atoms with Crippen LogP contribution in [0.4, 0.5) is 8.78 Å². The van der Waals surface area contributed by atoms with Crippen molar-refractivity contribution in [2.24, 2.45) is 0 Å². The summed E-state index contributed by atoms with van der Waals surface area (Å²) >= 11 is 0. The summed E-state index contributed by atoms with van der Waals surface area (Å²) < 4.78 is 31.4. The van der Waals surface area contributed by atoms with Crippen molar-refractivity contribution in [3.63, 3.8) is 0 Å². The van der Waals surface area contributed by atoms with Crippen LogP contribution in [0.1, 0.15) is 30.1 Å². The minimum Gasteiger partial charge on any atom is -0.379 e. The molecule has 1 aliphatic rings. The Kier molecular flexibility index (Phi) is 3.69. The first-order chi connectivity index (χ1) is 10.0. The van der Waals surface area contributed by atoms with Crippen LogP contribution in [0.2, 0.25) is 0 Å². The summed E-state index contributed by atoms with van der Waals surface area (Å²) in [6.45, 7) is 1.19. The highest BCUT2D eigenvalue weighted by atomic mass is 19.1. The van der Waals surface area contributed by atoms with Crippen molar-refractivity contribution in [1.82, 2.24) is 15.5 Å². The van der Waals surface area contributed by atoms with Gasteiger partial charge in [0.25, 0.3) is 5.89 Å². The van der Waals surface area contributed by atoms with Crippen molar-refractivity contribution in [2.45, 2.75) is 24.9 Å². The van der Waals surface area contributed by atoms with Crippen LogP contribution >= 0.6 is 0 Å². The van der Waals surface area contributed by atoms with Crippen molar-refractivity contribution in [1.29, 1.82) is 0 Å². The molecule has 21 heavy (non-hydrogen) atoms. The van der Waals surface area contributed by atoms with Gasteiger partial charge in [-0.2, -0.15) is 4.98 Å². The molecule has 7 heteroatoms. The largest absolute Gasteiger partial charge is 0.379 e. The van der Waals surface area contributed by atoms with Crippen LogP contribution in [0.5, 0.6) is 0 Å². The molecule has 5 nitrogen and oxygen atoms in total. The summed E-state index contributed by atoms with van der Waals surface area (Å²) in [5.41, 5.74) is -0.759. The number of hydrogen-bond acceptors (Lipinski definition) is 5. The molecule has 0 amide bonds. The average molecular weight is 295 g/mol. The first-order valence-electron chi connectivity index (χ1n) is 6.76. The zero-order valence-electron chi connectivity index (χ0n) is 11.3. The lowest BCUT2D eigenvalue weighted by molar-refractivity contribution is -0.0167. The molecule has 1 saturated heterocycles. The number of β-amino-alcohol motifs (C(OH)–C–C–N with tert-alkyl or cyclic N) is 1. The van der Waals surface area contributed by atoms with Gasteiger partial charge in [0.15, 0.2) is 11.4 Å². The van der Waals surface area contributed by atoms with E-state index in [1.54, 1.807) is 0 Å². The number of nitrogens with one attached hydrogen (secondary N) is 1. The molecule has 3 rings (SSSR count). The first-order valence-corrected chi connectivity index (χ1v) is 6.76. The van der Waals surface area contributed by atoms with E-state index in [0.29, 0.717) is 18.5 Å². The van der Waals surface area contributed by atoms with Crippen molar-refractivity contribution in [3.8, 4) is 0 Å². The molecule has 2 N–H and O–H groups in total. The molecule has 2 aromatic rings. The summed E-state index contributed by atoms with van der Waals surface area (Å²) in [5.74, 6) is -0.872. The van der Waals surface area contributed by atoms with Crippen molar-refractivity contribution in [2.75, 3.05) is 13.1 Å². The number of nitrogens with zero attached hydrogens (tertiary/aromatic N) is 2. The van der Waals surface area contributed by atoms with Gasteiger partial charge in [0.2, 0.25) is 0 Å². The highest BCUT2D eigenvalue weighted by Gasteiger charge is 2.37. The fourth-order valence-corrected chi connectivity index (χ4v) is 2.48. The number of aliphatic hydroxyl groups is 1. The van der Waals surface area contributed by atoms with Gasteiger partial charge in [0, 0.05) is 19.0 Å². The molecular formula is C14H15F2N3O2. The summed E-state index contributed by atoms with van der Waals surface area (Å²) in [5, 5.41) is 17.3. The summed E-state index contributed by atoms with van der Waals surface area (Å²) in [7, 11) is 0. The smallest absolute Gasteiger partial charge is 0.259 e. The van der Waals surface area contributed by atoms with E-state index in [4.69, 9.17) is 4.52 Å². The second-order valence-electron chi connectivity index (χ2n) is 5.28. The minimum atomic E-state index is -1.17. The van der Waals surface area contributed by atoms with E-state index in [-0.39, 0.29) is 18.1 Å². The summed E-state index contributed by atoms with van der Waals surface area (Å²) in [6, 6.07) is 3.24. The van der Waals surface area contributed by atoms with E-state index >= 15 is 0 Å². The van der Waals surface area contributed by atoms with Gasteiger partial charge < -0.3 is 14.9 Å². The van der Waals surface area contributed by atoms with Crippen LogP contribution in [-0.4, -0.2) is 28.3 Å². The van der Waals surface area contributed by atoms with Gasteiger partial charge in [-0.05, 0) is 37.1 Å². The predicted molar refractivity (Wildman–Crippen MR) is 69.5 cm³/mol. The Morgan fingerprint density at radius 1 is 1.29 bits per heavy atom. The van der Waals surface area contributed by atoms with E-state index in [9.17, 15) is 13.9 Å². The lowest BCUT2D eigenvalue weighted by Gasteiger charge is -2.28. The van der Waals surface area contributed by atoms with E-state index < -0.39 is 17.2 Å². The van der Waals surface area contributed by atoms with Gasteiger partial charge in [0.1, 0.15) is 11.6 Å². The molecular weight excluding hydrogens is 280 g/mol. The molecule has 1 atom stereocenters. The molecule has 0 spiro atoms. The molecule has 1 aromatic heterocycles. The third-order valence-electron chi connectivity index (χ3n) is 3.51.